The molecule has 0 aromatic heterocycles. The van der Waals surface area contributed by atoms with Crippen LogP contribution in [0.2, 0.25) is 0 Å². The van der Waals surface area contributed by atoms with Gasteiger partial charge in [0.25, 0.3) is 0 Å². The van der Waals surface area contributed by atoms with Crippen LogP contribution in [0.25, 0.3) is 0 Å². The van der Waals surface area contributed by atoms with Crippen molar-refractivity contribution in [1.29, 1.82) is 0 Å². The van der Waals surface area contributed by atoms with Crippen molar-refractivity contribution in [3.63, 3.8) is 0 Å². The molecular formula is C11H14OS2. The molecule has 2 atom stereocenters. The summed E-state index contributed by atoms with van der Waals surface area (Å²) in [5.41, 5.74) is 1.23. The van der Waals surface area contributed by atoms with Gasteiger partial charge in [-0.1, -0.05) is 51.9 Å². The molecule has 1 fully saturated rings. The molecule has 76 valence electrons. The molecule has 0 bridgehead atoms. The number of hydrogen-bond acceptors (Lipinski definition) is 3. The lowest BCUT2D eigenvalue weighted by molar-refractivity contribution is 0.143. The Morgan fingerprint density at radius 2 is 1.86 bits per heavy atom. The normalized spacial score (nSPS) is 30.5. The van der Waals surface area contributed by atoms with E-state index in [2.05, 4.69) is 26.0 Å². The second kappa shape index (κ2) is 3.80. The molecule has 0 unspecified atom stereocenters. The van der Waals surface area contributed by atoms with Crippen molar-refractivity contribution >= 4 is 21.6 Å². The lowest BCUT2D eigenvalue weighted by Crippen LogP contribution is -2.31. The van der Waals surface area contributed by atoms with E-state index in [0.29, 0.717) is 0 Å². The van der Waals surface area contributed by atoms with Gasteiger partial charge >= 0.3 is 0 Å². The maximum absolute atomic E-state index is 10.1. The number of benzene rings is 1. The van der Waals surface area contributed by atoms with E-state index < -0.39 is 0 Å². The molecule has 1 N–H and O–H groups in total. The van der Waals surface area contributed by atoms with Crippen molar-refractivity contribution in [2.45, 2.75) is 29.9 Å². The van der Waals surface area contributed by atoms with Gasteiger partial charge in [0.15, 0.2) is 0 Å². The van der Waals surface area contributed by atoms with Gasteiger partial charge in [0, 0.05) is 4.75 Å². The van der Waals surface area contributed by atoms with Crippen molar-refractivity contribution in [3.05, 3.63) is 35.9 Å². The van der Waals surface area contributed by atoms with Gasteiger partial charge in [-0.2, -0.15) is 0 Å². The summed E-state index contributed by atoms with van der Waals surface area (Å²) < 4.78 is -0.0365. The first kappa shape index (κ1) is 10.4. The van der Waals surface area contributed by atoms with Crippen LogP contribution in [-0.4, -0.2) is 16.0 Å². The Bertz CT molecular complexity index is 310. The van der Waals surface area contributed by atoms with Crippen LogP contribution in [0, 0.1) is 0 Å². The van der Waals surface area contributed by atoms with Crippen LogP contribution >= 0.6 is 21.6 Å². The van der Waals surface area contributed by atoms with Gasteiger partial charge in [-0.15, -0.1) is 0 Å². The van der Waals surface area contributed by atoms with E-state index in [0.717, 1.165) is 0 Å². The van der Waals surface area contributed by atoms with Crippen LogP contribution in [0.5, 0.6) is 0 Å². The Labute approximate surface area is 92.7 Å². The predicted molar refractivity (Wildman–Crippen MR) is 64.5 cm³/mol. The van der Waals surface area contributed by atoms with E-state index in [1.54, 1.807) is 21.6 Å². The first-order valence-corrected chi connectivity index (χ1v) is 6.90. The van der Waals surface area contributed by atoms with Gasteiger partial charge in [0.1, 0.15) is 0 Å². The monoisotopic (exact) mass is 226 g/mol. The minimum atomic E-state index is -0.264. The average molecular weight is 226 g/mol. The zero-order chi connectivity index (χ0) is 10.2. The highest BCUT2D eigenvalue weighted by Gasteiger charge is 2.43. The van der Waals surface area contributed by atoms with E-state index in [1.165, 1.54) is 5.56 Å². The third-order valence-corrected chi connectivity index (χ3v) is 6.20. The average Bonchev–Trinajstić information content (AvgIpc) is 2.44. The summed E-state index contributed by atoms with van der Waals surface area (Å²) in [6, 6.07) is 10.2. The van der Waals surface area contributed by atoms with E-state index in [1.807, 2.05) is 18.2 Å². The van der Waals surface area contributed by atoms with Gasteiger partial charge in [-0.25, -0.2) is 0 Å². The first-order valence-electron chi connectivity index (χ1n) is 4.69. The van der Waals surface area contributed by atoms with Crippen LogP contribution in [-0.2, 0) is 0 Å². The fourth-order valence-electron chi connectivity index (χ4n) is 1.52. The van der Waals surface area contributed by atoms with Gasteiger partial charge in [0.2, 0.25) is 0 Å². The zero-order valence-electron chi connectivity index (χ0n) is 8.31. The number of rotatable bonds is 1. The Hall–Kier alpha value is -0.120. The summed E-state index contributed by atoms with van der Waals surface area (Å²) in [5.74, 6) is 0. The summed E-state index contributed by atoms with van der Waals surface area (Å²) in [6.45, 7) is 4.19. The molecular weight excluding hydrogens is 212 g/mol. The molecule has 1 heterocycles. The fraction of sp³-hybridized carbons (Fsp3) is 0.455. The lowest BCUT2D eigenvalue weighted by Gasteiger charge is -2.22. The minimum Gasteiger partial charge on any atom is -0.390 e. The molecule has 0 saturated carbocycles. The van der Waals surface area contributed by atoms with Crippen molar-refractivity contribution in [2.24, 2.45) is 0 Å². The van der Waals surface area contributed by atoms with E-state index in [4.69, 9.17) is 0 Å². The first-order chi connectivity index (χ1) is 6.61. The summed E-state index contributed by atoms with van der Waals surface area (Å²) in [7, 11) is 3.55. The molecule has 3 heteroatoms. The van der Waals surface area contributed by atoms with Crippen molar-refractivity contribution in [1.82, 2.24) is 0 Å². The molecule has 1 aliphatic rings. The molecule has 1 aromatic rings. The fourth-order valence-corrected chi connectivity index (χ4v) is 4.91. The Balaban J connectivity index is 2.23. The highest BCUT2D eigenvalue weighted by Crippen LogP contribution is 2.57. The lowest BCUT2D eigenvalue weighted by atomic mass is 9.98. The molecule has 1 nitrogen and oxygen atoms in total. The smallest absolute Gasteiger partial charge is 0.0857 e. The van der Waals surface area contributed by atoms with Gasteiger partial charge in [0.05, 0.1) is 11.4 Å². The third kappa shape index (κ3) is 1.81. The molecule has 1 aliphatic heterocycles. The molecule has 0 aliphatic carbocycles. The van der Waals surface area contributed by atoms with Gasteiger partial charge in [-0.05, 0) is 19.4 Å². The van der Waals surface area contributed by atoms with E-state index in [-0.39, 0.29) is 16.1 Å². The number of hydrogen-bond donors (Lipinski definition) is 1. The second-order valence-electron chi connectivity index (χ2n) is 4.06. The number of aliphatic hydroxyl groups is 1. The zero-order valence-corrected chi connectivity index (χ0v) is 9.94. The highest BCUT2D eigenvalue weighted by molar-refractivity contribution is 8.77. The Morgan fingerprint density at radius 1 is 1.21 bits per heavy atom. The van der Waals surface area contributed by atoms with Crippen LogP contribution in [0.15, 0.2) is 30.3 Å². The van der Waals surface area contributed by atoms with E-state index >= 15 is 0 Å². The minimum absolute atomic E-state index is 0.0365. The highest BCUT2D eigenvalue weighted by atomic mass is 33.1. The topological polar surface area (TPSA) is 20.2 Å². The summed E-state index contributed by atoms with van der Waals surface area (Å²) in [5, 5.41) is 10.3. The Kier molecular flexibility index (Phi) is 2.82. The van der Waals surface area contributed by atoms with Gasteiger partial charge in [-0.3, -0.25) is 0 Å². The molecule has 0 spiro atoms. The molecule has 0 amide bonds. The molecule has 0 radical (unpaired) electrons. The van der Waals surface area contributed by atoms with Crippen LogP contribution in [0.1, 0.15) is 24.7 Å². The molecule has 14 heavy (non-hydrogen) atoms. The third-order valence-electron chi connectivity index (χ3n) is 2.49. The summed E-state index contributed by atoms with van der Waals surface area (Å²) in [6.07, 6.45) is -0.264. The SMILES string of the molecule is CC1(C)SS[C@@H](c2ccccc2)[C@@H]1O. The van der Waals surface area contributed by atoms with Crippen molar-refractivity contribution in [3.8, 4) is 0 Å². The Morgan fingerprint density at radius 3 is 2.36 bits per heavy atom. The molecule has 1 aromatic carbocycles. The van der Waals surface area contributed by atoms with Crippen LogP contribution in [0.4, 0.5) is 0 Å². The van der Waals surface area contributed by atoms with E-state index in [9.17, 15) is 5.11 Å². The predicted octanol–water partition coefficient (Wildman–Crippen LogP) is 3.26. The largest absolute Gasteiger partial charge is 0.390 e. The standard InChI is InChI=1S/C11H14OS2/c1-11(2)10(12)9(13-14-11)8-6-4-3-5-7-8/h3-7,9-10,12H,1-2H3/t9-,10-/m0/s1. The van der Waals surface area contributed by atoms with Crippen molar-refractivity contribution < 1.29 is 5.11 Å². The molecule has 1 saturated heterocycles. The maximum atomic E-state index is 10.1. The van der Waals surface area contributed by atoms with Gasteiger partial charge < -0.3 is 5.11 Å². The van der Waals surface area contributed by atoms with Crippen LogP contribution < -0.4 is 0 Å². The molecule has 2 rings (SSSR count). The second-order valence-corrected chi connectivity index (χ2v) is 7.06. The van der Waals surface area contributed by atoms with Crippen LogP contribution in [0.3, 0.4) is 0 Å². The summed E-state index contributed by atoms with van der Waals surface area (Å²) >= 11 is 0. The maximum Gasteiger partial charge on any atom is 0.0857 e. The summed E-state index contributed by atoms with van der Waals surface area (Å²) in [4.78, 5) is 0. The van der Waals surface area contributed by atoms with Crippen molar-refractivity contribution in [2.75, 3.05) is 0 Å². The number of aliphatic hydroxyl groups excluding tert-OH is 1. The quantitative estimate of drug-likeness (QED) is 0.742.